The second-order valence-electron chi connectivity index (χ2n) is 4.34. The van der Waals surface area contributed by atoms with Gasteiger partial charge in [-0.2, -0.15) is 0 Å². The largest absolute Gasteiger partial charge is 0.370 e. The molecule has 0 bridgehead atoms. The topological polar surface area (TPSA) is 79.5 Å². The summed E-state index contributed by atoms with van der Waals surface area (Å²) in [5, 5.41) is 7.74. The summed E-state index contributed by atoms with van der Waals surface area (Å²) in [6.07, 6.45) is 0.744. The summed E-state index contributed by atoms with van der Waals surface area (Å²) in [7, 11) is 0. The van der Waals surface area contributed by atoms with Crippen molar-refractivity contribution in [2.45, 2.75) is 6.42 Å². The van der Waals surface area contributed by atoms with E-state index < -0.39 is 0 Å². The first-order chi connectivity index (χ1) is 10.3. The number of aliphatic imine (C=N–C) groups is 1. The lowest BCUT2D eigenvalue weighted by atomic mass is 10.3. The first-order valence-electron chi connectivity index (χ1n) is 6.69. The maximum atomic E-state index is 11.7. The van der Waals surface area contributed by atoms with E-state index in [0.717, 1.165) is 17.0 Å². The Morgan fingerprint density at radius 1 is 1.19 bits per heavy atom. The van der Waals surface area contributed by atoms with Crippen LogP contribution < -0.4 is 16.4 Å². The quantitative estimate of drug-likeness (QED) is 0.435. The molecule has 0 fully saturated rings. The molecule has 0 aliphatic carbocycles. The number of carbonyl (C=O) groups is 1. The Kier molecular flexibility index (Phi) is 5.78. The molecule has 4 N–H and O–H groups in total. The van der Waals surface area contributed by atoms with Crippen molar-refractivity contribution in [1.82, 2.24) is 5.32 Å². The smallest absolute Gasteiger partial charge is 0.261 e. The fraction of sp³-hybridized carbons (Fsp3) is 0.200. The van der Waals surface area contributed by atoms with Gasteiger partial charge in [-0.1, -0.05) is 24.3 Å². The minimum atomic E-state index is -0.0376. The summed E-state index contributed by atoms with van der Waals surface area (Å²) in [4.78, 5) is 16.6. The van der Waals surface area contributed by atoms with Crippen molar-refractivity contribution in [1.29, 1.82) is 0 Å². The molecule has 6 heteroatoms. The van der Waals surface area contributed by atoms with Gasteiger partial charge in [0.05, 0.1) is 4.88 Å². The number of hydrogen-bond donors (Lipinski definition) is 3. The van der Waals surface area contributed by atoms with Crippen LogP contribution in [0.3, 0.4) is 0 Å². The van der Waals surface area contributed by atoms with Gasteiger partial charge in [0.2, 0.25) is 0 Å². The van der Waals surface area contributed by atoms with Crippen LogP contribution in [-0.2, 0) is 0 Å². The van der Waals surface area contributed by atoms with E-state index in [-0.39, 0.29) is 5.91 Å². The van der Waals surface area contributed by atoms with Crippen molar-refractivity contribution in [3.05, 3.63) is 52.7 Å². The fourth-order valence-corrected chi connectivity index (χ4v) is 2.32. The predicted octanol–water partition coefficient (Wildman–Crippen LogP) is 2.29. The molecule has 0 saturated heterocycles. The number of guanidine groups is 1. The van der Waals surface area contributed by atoms with Gasteiger partial charge in [-0.15, -0.1) is 11.3 Å². The van der Waals surface area contributed by atoms with Crippen molar-refractivity contribution >= 4 is 28.9 Å². The third-order valence-corrected chi connectivity index (χ3v) is 3.56. The number of carbonyl (C=O) groups excluding carboxylic acids is 1. The number of amides is 1. The Morgan fingerprint density at radius 2 is 2.00 bits per heavy atom. The highest BCUT2D eigenvalue weighted by molar-refractivity contribution is 7.12. The maximum Gasteiger partial charge on any atom is 0.261 e. The lowest BCUT2D eigenvalue weighted by molar-refractivity contribution is 0.0957. The SMILES string of the molecule is NC(=NCCCNC(=O)c1cccs1)Nc1ccccc1. The predicted molar refractivity (Wildman–Crippen MR) is 87.8 cm³/mol. The van der Waals surface area contributed by atoms with Crippen LogP contribution in [-0.4, -0.2) is 25.0 Å². The van der Waals surface area contributed by atoms with Gasteiger partial charge in [-0.05, 0) is 30.0 Å². The van der Waals surface area contributed by atoms with Crippen LogP contribution >= 0.6 is 11.3 Å². The summed E-state index contributed by atoms with van der Waals surface area (Å²) >= 11 is 1.43. The normalized spacial score (nSPS) is 11.1. The highest BCUT2D eigenvalue weighted by Crippen LogP contribution is 2.07. The number of nitrogens with two attached hydrogens (primary N) is 1. The van der Waals surface area contributed by atoms with Gasteiger partial charge >= 0.3 is 0 Å². The number of thiophene rings is 1. The Morgan fingerprint density at radius 3 is 2.71 bits per heavy atom. The number of para-hydroxylation sites is 1. The van der Waals surface area contributed by atoms with Gasteiger partial charge in [0, 0.05) is 18.8 Å². The number of nitrogens with one attached hydrogen (secondary N) is 2. The molecule has 1 heterocycles. The first kappa shape index (κ1) is 15.1. The molecule has 0 unspecified atom stereocenters. The molecule has 2 rings (SSSR count). The second-order valence-corrected chi connectivity index (χ2v) is 5.29. The van der Waals surface area contributed by atoms with E-state index in [4.69, 9.17) is 5.73 Å². The van der Waals surface area contributed by atoms with Gasteiger partial charge in [0.1, 0.15) is 0 Å². The summed E-state index contributed by atoms with van der Waals surface area (Å²) in [6, 6.07) is 13.3. The molecule has 1 aromatic heterocycles. The molecule has 0 radical (unpaired) electrons. The van der Waals surface area contributed by atoms with Crippen LogP contribution in [0.5, 0.6) is 0 Å². The summed E-state index contributed by atoms with van der Waals surface area (Å²) in [5.41, 5.74) is 6.69. The van der Waals surface area contributed by atoms with E-state index in [2.05, 4.69) is 15.6 Å². The van der Waals surface area contributed by atoms with E-state index in [1.807, 2.05) is 41.8 Å². The van der Waals surface area contributed by atoms with Crippen molar-refractivity contribution < 1.29 is 4.79 Å². The monoisotopic (exact) mass is 302 g/mol. The zero-order chi connectivity index (χ0) is 14.9. The van der Waals surface area contributed by atoms with E-state index in [1.165, 1.54) is 11.3 Å². The Balaban J connectivity index is 1.64. The van der Waals surface area contributed by atoms with Gasteiger partial charge in [-0.25, -0.2) is 0 Å². The lowest BCUT2D eigenvalue weighted by Gasteiger charge is -2.05. The molecule has 0 aliphatic heterocycles. The maximum absolute atomic E-state index is 11.7. The van der Waals surface area contributed by atoms with Crippen LogP contribution in [0.25, 0.3) is 0 Å². The average molecular weight is 302 g/mol. The Bertz CT molecular complexity index is 581. The molecule has 0 atom stereocenters. The number of anilines is 1. The Hall–Kier alpha value is -2.34. The lowest BCUT2D eigenvalue weighted by Crippen LogP contribution is -2.25. The Labute approximate surface area is 127 Å². The van der Waals surface area contributed by atoms with E-state index in [1.54, 1.807) is 6.07 Å². The van der Waals surface area contributed by atoms with Crippen molar-refractivity contribution in [2.24, 2.45) is 10.7 Å². The van der Waals surface area contributed by atoms with Crippen LogP contribution in [0.2, 0.25) is 0 Å². The number of hydrogen-bond acceptors (Lipinski definition) is 3. The average Bonchev–Trinajstić information content (AvgIpc) is 3.02. The third-order valence-electron chi connectivity index (χ3n) is 2.69. The van der Waals surface area contributed by atoms with E-state index in [9.17, 15) is 4.79 Å². The van der Waals surface area contributed by atoms with Gasteiger partial charge in [0.15, 0.2) is 5.96 Å². The van der Waals surface area contributed by atoms with Crippen molar-refractivity contribution in [2.75, 3.05) is 18.4 Å². The standard InChI is InChI=1S/C15H18N4OS/c16-15(19-12-6-2-1-3-7-12)18-10-5-9-17-14(20)13-8-4-11-21-13/h1-4,6-8,11H,5,9-10H2,(H,17,20)(H3,16,18,19). The highest BCUT2D eigenvalue weighted by atomic mass is 32.1. The van der Waals surface area contributed by atoms with Crippen LogP contribution in [0, 0.1) is 0 Å². The van der Waals surface area contributed by atoms with Gasteiger partial charge < -0.3 is 16.4 Å². The highest BCUT2D eigenvalue weighted by Gasteiger charge is 2.04. The molecule has 2 aromatic rings. The zero-order valence-electron chi connectivity index (χ0n) is 11.6. The first-order valence-corrected chi connectivity index (χ1v) is 7.57. The van der Waals surface area contributed by atoms with Gasteiger partial charge in [-0.3, -0.25) is 9.79 Å². The van der Waals surface area contributed by atoms with Crippen LogP contribution in [0.15, 0.2) is 52.8 Å². The zero-order valence-corrected chi connectivity index (χ0v) is 12.4. The van der Waals surface area contributed by atoms with Crippen LogP contribution in [0.4, 0.5) is 5.69 Å². The molecule has 0 aliphatic rings. The summed E-state index contributed by atoms with van der Waals surface area (Å²) in [5.74, 6) is 0.343. The molecular weight excluding hydrogens is 284 g/mol. The number of benzene rings is 1. The molecule has 1 amide bonds. The number of nitrogens with zero attached hydrogens (tertiary/aromatic N) is 1. The van der Waals surface area contributed by atoms with E-state index in [0.29, 0.717) is 19.0 Å². The summed E-state index contributed by atoms with van der Waals surface area (Å²) < 4.78 is 0. The fourth-order valence-electron chi connectivity index (χ4n) is 1.68. The number of rotatable bonds is 6. The second kappa shape index (κ2) is 8.06. The summed E-state index contributed by atoms with van der Waals surface area (Å²) in [6.45, 7) is 1.15. The van der Waals surface area contributed by atoms with Crippen LogP contribution in [0.1, 0.15) is 16.1 Å². The van der Waals surface area contributed by atoms with Crippen molar-refractivity contribution in [3.8, 4) is 0 Å². The molecule has 0 spiro atoms. The minimum Gasteiger partial charge on any atom is -0.370 e. The molecular formula is C15H18N4OS. The third kappa shape index (κ3) is 5.27. The minimum absolute atomic E-state index is 0.0376. The molecule has 5 nitrogen and oxygen atoms in total. The molecule has 1 aromatic carbocycles. The van der Waals surface area contributed by atoms with Crippen molar-refractivity contribution in [3.63, 3.8) is 0 Å². The van der Waals surface area contributed by atoms with E-state index >= 15 is 0 Å². The van der Waals surface area contributed by atoms with Gasteiger partial charge in [0.25, 0.3) is 5.91 Å². The molecule has 110 valence electrons. The molecule has 0 saturated carbocycles. The molecule has 21 heavy (non-hydrogen) atoms.